The molecule has 146 valence electrons. The number of rotatable bonds is 4. The van der Waals surface area contributed by atoms with E-state index < -0.39 is 6.04 Å². The molecule has 6 nitrogen and oxygen atoms in total. The fourth-order valence-corrected chi connectivity index (χ4v) is 3.71. The Hall–Kier alpha value is -3.02. The molecule has 0 spiro atoms. The molecule has 1 aliphatic carbocycles. The highest BCUT2D eigenvalue weighted by molar-refractivity contribution is 6.03. The van der Waals surface area contributed by atoms with E-state index >= 15 is 0 Å². The van der Waals surface area contributed by atoms with Crippen molar-refractivity contribution in [1.82, 2.24) is 5.32 Å². The lowest BCUT2D eigenvalue weighted by Crippen LogP contribution is -2.49. The van der Waals surface area contributed by atoms with Crippen molar-refractivity contribution in [1.29, 1.82) is 0 Å². The molecule has 0 unspecified atom stereocenters. The van der Waals surface area contributed by atoms with Crippen LogP contribution in [0, 0.1) is 0 Å². The number of carbonyl (C=O) groups is 2. The molecule has 2 aromatic carbocycles. The summed E-state index contributed by atoms with van der Waals surface area (Å²) in [7, 11) is 1.69. The van der Waals surface area contributed by atoms with Crippen molar-refractivity contribution in [3.63, 3.8) is 0 Å². The van der Waals surface area contributed by atoms with Crippen LogP contribution in [0.15, 0.2) is 48.5 Å². The number of anilines is 1. The maximum Gasteiger partial charge on any atom is 0.252 e. The predicted molar refractivity (Wildman–Crippen MR) is 106 cm³/mol. The number of likely N-dealkylation sites (N-methyl/N-ethyl adjacent to an activating group) is 1. The van der Waals surface area contributed by atoms with E-state index in [1.165, 1.54) is 17.7 Å². The first kappa shape index (κ1) is 18.3. The number of nitrogens with zero attached hydrogens (tertiary/aromatic N) is 1. The Morgan fingerprint density at radius 2 is 1.93 bits per heavy atom. The molecule has 2 amide bonds. The van der Waals surface area contributed by atoms with Crippen LogP contribution >= 0.6 is 0 Å². The highest BCUT2D eigenvalue weighted by Gasteiger charge is 2.30. The molecule has 4 rings (SSSR count). The zero-order valence-corrected chi connectivity index (χ0v) is 15.9. The summed E-state index contributed by atoms with van der Waals surface area (Å²) in [6, 6.07) is 13.7. The Balaban J connectivity index is 1.45. The van der Waals surface area contributed by atoms with Gasteiger partial charge in [-0.1, -0.05) is 18.2 Å². The van der Waals surface area contributed by atoms with Crippen LogP contribution < -0.4 is 19.7 Å². The van der Waals surface area contributed by atoms with Gasteiger partial charge in [0.05, 0.1) is 11.8 Å². The fraction of sp³-hybridized carbons (Fsp3) is 0.364. The van der Waals surface area contributed by atoms with Gasteiger partial charge in [0.15, 0.2) is 0 Å². The Kier molecular flexibility index (Phi) is 5.19. The van der Waals surface area contributed by atoms with Crippen molar-refractivity contribution < 1.29 is 19.1 Å². The molecule has 6 heteroatoms. The average Bonchev–Trinajstić information content (AvgIpc) is 3.19. The maximum absolute atomic E-state index is 12.8. The molecule has 2 aliphatic rings. The van der Waals surface area contributed by atoms with Gasteiger partial charge in [0.1, 0.15) is 24.1 Å². The number of para-hydroxylation sites is 2. The number of hydrogen-bond acceptors (Lipinski definition) is 4. The Morgan fingerprint density at radius 3 is 2.75 bits per heavy atom. The molecule has 2 aromatic rings. The van der Waals surface area contributed by atoms with Gasteiger partial charge in [0.2, 0.25) is 0 Å². The summed E-state index contributed by atoms with van der Waals surface area (Å²) in [6.45, 7) is 0.0875. The molecular formula is C22H24N2O4. The van der Waals surface area contributed by atoms with Crippen molar-refractivity contribution in [2.24, 2.45) is 0 Å². The van der Waals surface area contributed by atoms with Crippen molar-refractivity contribution in [2.45, 2.75) is 37.8 Å². The summed E-state index contributed by atoms with van der Waals surface area (Å²) in [5.41, 5.74) is 1.16. The number of hydrogen-bond donors (Lipinski definition) is 1. The molecule has 0 radical (unpaired) electrons. The van der Waals surface area contributed by atoms with Crippen LogP contribution in [0.3, 0.4) is 0 Å². The summed E-state index contributed by atoms with van der Waals surface area (Å²) >= 11 is 0. The van der Waals surface area contributed by atoms with Crippen LogP contribution in [0.5, 0.6) is 11.5 Å². The average molecular weight is 380 g/mol. The van der Waals surface area contributed by atoms with Crippen LogP contribution in [-0.2, 0) is 4.79 Å². The second-order valence-electron chi connectivity index (χ2n) is 7.25. The van der Waals surface area contributed by atoms with E-state index in [0.29, 0.717) is 22.7 Å². The number of ether oxygens (including phenoxy) is 2. The number of nitrogens with one attached hydrogen (secondary N) is 1. The Morgan fingerprint density at radius 1 is 1.14 bits per heavy atom. The van der Waals surface area contributed by atoms with E-state index in [2.05, 4.69) is 5.32 Å². The van der Waals surface area contributed by atoms with Gasteiger partial charge in [-0.15, -0.1) is 0 Å². The molecule has 1 N–H and O–H groups in total. The minimum Gasteiger partial charge on any atom is -0.490 e. The first-order valence-corrected chi connectivity index (χ1v) is 9.69. The monoisotopic (exact) mass is 380 g/mol. The van der Waals surface area contributed by atoms with Crippen molar-refractivity contribution in [2.75, 3.05) is 18.6 Å². The largest absolute Gasteiger partial charge is 0.490 e. The van der Waals surface area contributed by atoms with Gasteiger partial charge in [-0.05, 0) is 56.0 Å². The summed E-state index contributed by atoms with van der Waals surface area (Å²) < 4.78 is 11.7. The lowest BCUT2D eigenvalue weighted by Gasteiger charge is -2.20. The highest BCUT2D eigenvalue weighted by atomic mass is 16.5. The third kappa shape index (κ3) is 3.81. The predicted octanol–water partition coefficient (Wildman–Crippen LogP) is 3.16. The molecule has 1 saturated carbocycles. The van der Waals surface area contributed by atoms with E-state index in [1.54, 1.807) is 25.2 Å². The third-order valence-corrected chi connectivity index (χ3v) is 5.27. The van der Waals surface area contributed by atoms with Gasteiger partial charge in [-0.25, -0.2) is 0 Å². The summed E-state index contributed by atoms with van der Waals surface area (Å²) in [5.74, 6) is 0.782. The van der Waals surface area contributed by atoms with Crippen LogP contribution in [0.2, 0.25) is 0 Å². The van der Waals surface area contributed by atoms with Gasteiger partial charge in [0, 0.05) is 12.6 Å². The first-order valence-electron chi connectivity index (χ1n) is 9.69. The Labute approximate surface area is 164 Å². The van der Waals surface area contributed by atoms with E-state index in [-0.39, 0.29) is 24.5 Å². The van der Waals surface area contributed by atoms with E-state index in [4.69, 9.17) is 9.47 Å². The minimum atomic E-state index is -0.760. The number of carbonyl (C=O) groups excluding carboxylic acids is 2. The SMILES string of the molecule is CN1C(=O)[C@@H](NC(=O)c2cccc(OC3CCCC3)c2)COc2ccccc21. The fourth-order valence-electron chi connectivity index (χ4n) is 3.71. The van der Waals surface area contributed by atoms with Crippen LogP contribution in [0.1, 0.15) is 36.0 Å². The molecule has 1 fully saturated rings. The standard InChI is InChI=1S/C22H24N2O4/c1-24-19-11-4-5-12-20(19)27-14-18(22(24)26)23-21(25)15-7-6-10-17(13-15)28-16-8-2-3-9-16/h4-7,10-13,16,18H,2-3,8-9,14H2,1H3,(H,23,25)/t18-/m0/s1. The zero-order valence-electron chi connectivity index (χ0n) is 15.9. The number of amides is 2. The minimum absolute atomic E-state index is 0.0875. The maximum atomic E-state index is 12.8. The van der Waals surface area contributed by atoms with Crippen molar-refractivity contribution in [3.05, 3.63) is 54.1 Å². The lowest BCUT2D eigenvalue weighted by atomic mass is 10.1. The van der Waals surface area contributed by atoms with Crippen LogP contribution in [0.4, 0.5) is 5.69 Å². The normalized spacial score (nSPS) is 19.5. The van der Waals surface area contributed by atoms with Crippen molar-refractivity contribution >= 4 is 17.5 Å². The molecule has 28 heavy (non-hydrogen) atoms. The number of fused-ring (bicyclic) bond motifs is 1. The quantitative estimate of drug-likeness (QED) is 0.885. The second kappa shape index (κ2) is 7.92. The van der Waals surface area contributed by atoms with Gasteiger partial charge in [-0.3, -0.25) is 9.59 Å². The summed E-state index contributed by atoms with van der Waals surface area (Å²) in [6.07, 6.45) is 4.70. The second-order valence-corrected chi connectivity index (χ2v) is 7.25. The van der Waals surface area contributed by atoms with Gasteiger partial charge in [-0.2, -0.15) is 0 Å². The van der Waals surface area contributed by atoms with E-state index in [1.807, 2.05) is 30.3 Å². The molecule has 1 heterocycles. The van der Waals surface area contributed by atoms with Gasteiger partial charge >= 0.3 is 0 Å². The molecule has 0 aromatic heterocycles. The smallest absolute Gasteiger partial charge is 0.252 e. The third-order valence-electron chi connectivity index (χ3n) is 5.27. The van der Waals surface area contributed by atoms with Crippen LogP contribution in [-0.4, -0.2) is 37.6 Å². The molecule has 0 saturated heterocycles. The van der Waals surface area contributed by atoms with Gasteiger partial charge in [0.25, 0.3) is 11.8 Å². The first-order chi connectivity index (χ1) is 13.6. The van der Waals surface area contributed by atoms with Gasteiger partial charge < -0.3 is 19.7 Å². The molecule has 1 atom stereocenters. The number of benzene rings is 2. The zero-order chi connectivity index (χ0) is 19.5. The molecule has 0 bridgehead atoms. The van der Waals surface area contributed by atoms with Crippen LogP contribution in [0.25, 0.3) is 0 Å². The van der Waals surface area contributed by atoms with E-state index in [9.17, 15) is 9.59 Å². The van der Waals surface area contributed by atoms with E-state index in [0.717, 1.165) is 12.8 Å². The lowest BCUT2D eigenvalue weighted by molar-refractivity contribution is -0.120. The highest BCUT2D eigenvalue weighted by Crippen LogP contribution is 2.30. The summed E-state index contributed by atoms with van der Waals surface area (Å²) in [4.78, 5) is 27.0. The molecule has 1 aliphatic heterocycles. The topological polar surface area (TPSA) is 67.9 Å². The molecular weight excluding hydrogens is 356 g/mol. The summed E-state index contributed by atoms with van der Waals surface area (Å²) in [5, 5.41) is 2.80. The Bertz CT molecular complexity index is 876. The van der Waals surface area contributed by atoms with Crippen molar-refractivity contribution in [3.8, 4) is 11.5 Å².